The maximum Gasteiger partial charge on any atom is 0.258 e. The molecule has 2 aliphatic heterocycles. The number of aromatic nitrogens is 2. The number of benzene rings is 2. The van der Waals surface area contributed by atoms with E-state index >= 15 is 0 Å². The first-order valence-corrected chi connectivity index (χ1v) is 9.87. The third-order valence-corrected chi connectivity index (χ3v) is 5.62. The molecule has 3 aromatic rings. The summed E-state index contributed by atoms with van der Waals surface area (Å²) in [6.07, 6.45) is 2.17. The second-order valence-corrected chi connectivity index (χ2v) is 7.64. The van der Waals surface area contributed by atoms with Crippen LogP contribution in [0.4, 0.5) is 0 Å². The molecule has 1 aromatic heterocycles. The van der Waals surface area contributed by atoms with E-state index in [1.165, 1.54) is 5.56 Å². The SMILES string of the molecule is O=c1[nH]c(CN2CCCC2c2ccc3c(c2)OCCO3)nc2ccc(Cl)cc12. The second kappa shape index (κ2) is 7.11. The summed E-state index contributed by atoms with van der Waals surface area (Å²) in [5.74, 6) is 2.28. The number of rotatable bonds is 3. The fourth-order valence-corrected chi connectivity index (χ4v) is 4.26. The third kappa shape index (κ3) is 3.23. The first-order chi connectivity index (χ1) is 13.7. The fourth-order valence-electron chi connectivity index (χ4n) is 4.09. The molecular weight excluding hydrogens is 378 g/mol. The molecule has 0 aliphatic carbocycles. The van der Waals surface area contributed by atoms with Crippen LogP contribution < -0.4 is 15.0 Å². The van der Waals surface area contributed by atoms with Crippen molar-refractivity contribution in [3.05, 3.63) is 63.2 Å². The van der Waals surface area contributed by atoms with Crippen molar-refractivity contribution < 1.29 is 9.47 Å². The molecule has 0 radical (unpaired) electrons. The van der Waals surface area contributed by atoms with Crippen LogP contribution in [0.5, 0.6) is 11.5 Å². The van der Waals surface area contributed by atoms with Crippen molar-refractivity contribution in [2.75, 3.05) is 19.8 Å². The van der Waals surface area contributed by atoms with Crippen LogP contribution in [0.3, 0.4) is 0 Å². The van der Waals surface area contributed by atoms with Crippen molar-refractivity contribution in [2.24, 2.45) is 0 Å². The smallest absolute Gasteiger partial charge is 0.258 e. The summed E-state index contributed by atoms with van der Waals surface area (Å²) in [6.45, 7) is 2.72. The first-order valence-electron chi connectivity index (χ1n) is 9.49. The number of aromatic amines is 1. The van der Waals surface area contributed by atoms with Crippen LogP contribution in [-0.2, 0) is 6.54 Å². The molecule has 7 heteroatoms. The van der Waals surface area contributed by atoms with Crippen molar-refractivity contribution in [1.29, 1.82) is 0 Å². The first kappa shape index (κ1) is 17.5. The maximum absolute atomic E-state index is 12.4. The minimum Gasteiger partial charge on any atom is -0.486 e. The lowest BCUT2D eigenvalue weighted by Crippen LogP contribution is -2.26. The van der Waals surface area contributed by atoms with Gasteiger partial charge in [-0.2, -0.15) is 0 Å². The average Bonchev–Trinajstić information content (AvgIpc) is 3.16. The third-order valence-electron chi connectivity index (χ3n) is 5.38. The van der Waals surface area contributed by atoms with Crippen LogP contribution in [0.1, 0.15) is 30.3 Å². The van der Waals surface area contributed by atoms with Gasteiger partial charge in [0.1, 0.15) is 19.0 Å². The number of nitrogens with zero attached hydrogens (tertiary/aromatic N) is 2. The largest absolute Gasteiger partial charge is 0.486 e. The lowest BCUT2D eigenvalue weighted by Gasteiger charge is -2.26. The minimum atomic E-state index is -0.155. The Morgan fingerprint density at radius 1 is 1.14 bits per heavy atom. The number of hydrogen-bond donors (Lipinski definition) is 1. The molecule has 0 saturated carbocycles. The predicted octanol–water partition coefficient (Wildman–Crippen LogP) is 3.68. The van der Waals surface area contributed by atoms with Gasteiger partial charge in [0.25, 0.3) is 5.56 Å². The van der Waals surface area contributed by atoms with Gasteiger partial charge < -0.3 is 14.5 Å². The van der Waals surface area contributed by atoms with Crippen molar-refractivity contribution in [2.45, 2.75) is 25.4 Å². The Kier molecular flexibility index (Phi) is 4.45. The van der Waals surface area contributed by atoms with Gasteiger partial charge in [0, 0.05) is 11.1 Å². The molecule has 144 valence electrons. The van der Waals surface area contributed by atoms with Crippen LogP contribution in [0.2, 0.25) is 5.02 Å². The molecular formula is C21H20ClN3O3. The molecule has 0 amide bonds. The van der Waals surface area contributed by atoms with Crippen LogP contribution >= 0.6 is 11.6 Å². The molecule has 1 saturated heterocycles. The highest BCUT2D eigenvalue weighted by atomic mass is 35.5. The second-order valence-electron chi connectivity index (χ2n) is 7.21. The Morgan fingerprint density at radius 3 is 2.89 bits per heavy atom. The van der Waals surface area contributed by atoms with Gasteiger partial charge in [-0.1, -0.05) is 17.7 Å². The molecule has 28 heavy (non-hydrogen) atoms. The fraction of sp³-hybridized carbons (Fsp3) is 0.333. The zero-order valence-electron chi connectivity index (χ0n) is 15.3. The number of hydrogen-bond acceptors (Lipinski definition) is 5. The highest BCUT2D eigenvalue weighted by molar-refractivity contribution is 6.31. The monoisotopic (exact) mass is 397 g/mol. The topological polar surface area (TPSA) is 67.5 Å². The van der Waals surface area contributed by atoms with E-state index in [2.05, 4.69) is 27.0 Å². The van der Waals surface area contributed by atoms with Crippen LogP contribution in [0.25, 0.3) is 10.9 Å². The van der Waals surface area contributed by atoms with Crippen molar-refractivity contribution in [3.63, 3.8) is 0 Å². The average molecular weight is 398 g/mol. The van der Waals surface area contributed by atoms with E-state index in [1.54, 1.807) is 18.2 Å². The van der Waals surface area contributed by atoms with Gasteiger partial charge >= 0.3 is 0 Å². The molecule has 2 aromatic carbocycles. The lowest BCUT2D eigenvalue weighted by atomic mass is 10.0. The van der Waals surface area contributed by atoms with Gasteiger partial charge in [-0.05, 0) is 55.3 Å². The molecule has 0 spiro atoms. The highest BCUT2D eigenvalue weighted by Gasteiger charge is 2.28. The van der Waals surface area contributed by atoms with Gasteiger partial charge in [0.2, 0.25) is 0 Å². The normalized spacial score (nSPS) is 19.2. The zero-order chi connectivity index (χ0) is 19.1. The van der Waals surface area contributed by atoms with Crippen molar-refractivity contribution >= 4 is 22.5 Å². The summed E-state index contributed by atoms with van der Waals surface area (Å²) in [4.78, 5) is 22.3. The van der Waals surface area contributed by atoms with Crippen molar-refractivity contribution in [1.82, 2.24) is 14.9 Å². The minimum absolute atomic E-state index is 0.155. The quantitative estimate of drug-likeness (QED) is 0.730. The van der Waals surface area contributed by atoms with Crippen LogP contribution in [-0.4, -0.2) is 34.6 Å². The molecule has 6 nitrogen and oxygen atoms in total. The van der Waals surface area contributed by atoms with E-state index in [0.29, 0.717) is 41.5 Å². The van der Waals surface area contributed by atoms with Crippen molar-refractivity contribution in [3.8, 4) is 11.5 Å². The number of nitrogens with one attached hydrogen (secondary N) is 1. The Balaban J connectivity index is 1.42. The van der Waals surface area contributed by atoms with E-state index in [0.717, 1.165) is 30.9 Å². The molecule has 5 rings (SSSR count). The molecule has 1 atom stereocenters. The maximum atomic E-state index is 12.4. The summed E-state index contributed by atoms with van der Waals surface area (Å²) in [5, 5.41) is 1.05. The van der Waals surface area contributed by atoms with Gasteiger partial charge in [-0.3, -0.25) is 9.69 Å². The Morgan fingerprint density at radius 2 is 2.00 bits per heavy atom. The highest BCUT2D eigenvalue weighted by Crippen LogP contribution is 2.38. The predicted molar refractivity (Wildman–Crippen MR) is 107 cm³/mol. The van der Waals surface area contributed by atoms with Gasteiger partial charge in [0.15, 0.2) is 11.5 Å². The Labute approximate surface area is 167 Å². The molecule has 1 fully saturated rings. The summed E-state index contributed by atoms with van der Waals surface area (Å²) in [7, 11) is 0. The molecule has 1 unspecified atom stereocenters. The van der Waals surface area contributed by atoms with E-state index < -0.39 is 0 Å². The number of fused-ring (bicyclic) bond motifs is 2. The van der Waals surface area contributed by atoms with E-state index in [1.807, 2.05) is 6.07 Å². The standard InChI is InChI=1S/C21H20ClN3O3/c22-14-4-5-16-15(11-14)21(26)24-20(23-16)12-25-7-1-2-17(25)13-3-6-18-19(10-13)28-9-8-27-18/h3-6,10-11,17H,1-2,7-9,12H2,(H,23,24,26). The summed E-state index contributed by atoms with van der Waals surface area (Å²) >= 11 is 6.00. The van der Waals surface area contributed by atoms with Crippen LogP contribution in [0, 0.1) is 0 Å². The van der Waals surface area contributed by atoms with Gasteiger partial charge in [-0.15, -0.1) is 0 Å². The molecule has 3 heterocycles. The zero-order valence-corrected chi connectivity index (χ0v) is 16.0. The number of halogens is 1. The van der Waals surface area contributed by atoms with E-state index in [-0.39, 0.29) is 11.6 Å². The van der Waals surface area contributed by atoms with Gasteiger partial charge in [0.05, 0.1) is 17.4 Å². The summed E-state index contributed by atoms with van der Waals surface area (Å²) in [5.41, 5.74) is 1.72. The molecule has 2 aliphatic rings. The Hall–Kier alpha value is -2.57. The number of ether oxygens (including phenoxy) is 2. The van der Waals surface area contributed by atoms with E-state index in [4.69, 9.17) is 21.1 Å². The van der Waals surface area contributed by atoms with Gasteiger partial charge in [-0.25, -0.2) is 4.98 Å². The number of H-pyrrole nitrogens is 1. The Bertz CT molecular complexity index is 1100. The molecule has 1 N–H and O–H groups in total. The lowest BCUT2D eigenvalue weighted by molar-refractivity contribution is 0.170. The molecule has 0 bridgehead atoms. The number of likely N-dealkylation sites (tertiary alicyclic amines) is 1. The van der Waals surface area contributed by atoms with E-state index in [9.17, 15) is 4.79 Å². The summed E-state index contributed by atoms with van der Waals surface area (Å²) in [6, 6.07) is 11.6. The van der Waals surface area contributed by atoms with Crippen LogP contribution in [0.15, 0.2) is 41.2 Å². The summed E-state index contributed by atoms with van der Waals surface area (Å²) < 4.78 is 11.4.